The van der Waals surface area contributed by atoms with Gasteiger partial charge in [0.1, 0.15) is 12.3 Å². The molecule has 1 aliphatic rings. The Bertz CT molecular complexity index is 1140. The lowest BCUT2D eigenvalue weighted by Crippen LogP contribution is -2.54. The SMILES string of the molecule is CC1(C)Oc2cc(C(=O)O)ccc2N(CC(=O)Nc2ccc(S(N)(=O)=O)cc2)C1=O. The number of ether oxygens (including phenoxy) is 1. The molecule has 2 amide bonds. The molecule has 0 fully saturated rings. The fraction of sp³-hybridized carbons (Fsp3) is 0.211. The molecule has 1 aliphatic heterocycles. The molecule has 2 aromatic rings. The smallest absolute Gasteiger partial charge is 0.335 e. The fourth-order valence-electron chi connectivity index (χ4n) is 2.93. The van der Waals surface area contributed by atoms with Crippen LogP contribution >= 0.6 is 0 Å². The predicted octanol–water partition coefficient (Wildman–Crippen LogP) is 1.17. The maximum atomic E-state index is 12.8. The van der Waals surface area contributed by atoms with Gasteiger partial charge in [0.2, 0.25) is 15.9 Å². The van der Waals surface area contributed by atoms with Crippen LogP contribution in [0, 0.1) is 0 Å². The van der Waals surface area contributed by atoms with Crippen molar-refractivity contribution in [1.29, 1.82) is 0 Å². The summed E-state index contributed by atoms with van der Waals surface area (Å²) in [6, 6.07) is 9.24. The molecule has 0 bridgehead atoms. The molecule has 30 heavy (non-hydrogen) atoms. The Morgan fingerprint density at radius 3 is 2.37 bits per heavy atom. The van der Waals surface area contributed by atoms with Gasteiger partial charge in [0.25, 0.3) is 5.91 Å². The van der Waals surface area contributed by atoms with E-state index in [0.29, 0.717) is 5.69 Å². The number of fused-ring (bicyclic) bond motifs is 1. The van der Waals surface area contributed by atoms with Crippen molar-refractivity contribution in [2.75, 3.05) is 16.8 Å². The first-order valence-electron chi connectivity index (χ1n) is 8.69. The Kier molecular flexibility index (Phi) is 5.27. The number of carboxylic acids is 1. The van der Waals surface area contributed by atoms with Crippen molar-refractivity contribution in [1.82, 2.24) is 0 Å². The van der Waals surface area contributed by atoms with Crippen molar-refractivity contribution in [2.24, 2.45) is 5.14 Å². The second kappa shape index (κ2) is 7.43. The van der Waals surface area contributed by atoms with E-state index in [1.807, 2.05) is 0 Å². The standard InChI is InChI=1S/C19H19N3O7S/c1-19(2)18(26)22(14-8-3-11(17(24)25)9-15(14)29-19)10-16(23)21-12-4-6-13(7-5-12)30(20,27)28/h3-9H,10H2,1-2H3,(H,21,23)(H,24,25)(H2,20,27,28). The van der Waals surface area contributed by atoms with Crippen LogP contribution in [0.5, 0.6) is 5.75 Å². The molecule has 158 valence electrons. The maximum Gasteiger partial charge on any atom is 0.335 e. The number of carbonyl (C=O) groups excluding carboxylic acids is 2. The predicted molar refractivity (Wildman–Crippen MR) is 107 cm³/mol. The summed E-state index contributed by atoms with van der Waals surface area (Å²) in [6.07, 6.45) is 0. The normalized spacial score (nSPS) is 15.2. The largest absolute Gasteiger partial charge is 0.478 e. The second-order valence-electron chi connectivity index (χ2n) is 7.11. The minimum atomic E-state index is -3.86. The van der Waals surface area contributed by atoms with E-state index < -0.39 is 33.4 Å². The number of benzene rings is 2. The van der Waals surface area contributed by atoms with E-state index >= 15 is 0 Å². The van der Waals surface area contributed by atoms with Crippen LogP contribution in [0.25, 0.3) is 0 Å². The highest BCUT2D eigenvalue weighted by molar-refractivity contribution is 7.89. The van der Waals surface area contributed by atoms with Crippen LogP contribution in [0.1, 0.15) is 24.2 Å². The maximum absolute atomic E-state index is 12.8. The number of hydrogen-bond donors (Lipinski definition) is 3. The van der Waals surface area contributed by atoms with Gasteiger partial charge in [-0.15, -0.1) is 0 Å². The van der Waals surface area contributed by atoms with Crippen molar-refractivity contribution in [2.45, 2.75) is 24.3 Å². The number of amides is 2. The molecule has 0 saturated heterocycles. The molecule has 0 aliphatic carbocycles. The van der Waals surface area contributed by atoms with Gasteiger partial charge in [-0.2, -0.15) is 0 Å². The third-order valence-electron chi connectivity index (χ3n) is 4.39. The number of hydrogen-bond acceptors (Lipinski definition) is 6. The van der Waals surface area contributed by atoms with Gasteiger partial charge in [0.05, 0.1) is 16.1 Å². The highest BCUT2D eigenvalue weighted by Gasteiger charge is 2.41. The number of carbonyl (C=O) groups is 3. The molecular weight excluding hydrogens is 414 g/mol. The third kappa shape index (κ3) is 4.26. The first kappa shape index (κ1) is 21.3. The van der Waals surface area contributed by atoms with Gasteiger partial charge in [-0.05, 0) is 56.3 Å². The lowest BCUT2D eigenvalue weighted by molar-refractivity contribution is -0.133. The monoisotopic (exact) mass is 433 g/mol. The van der Waals surface area contributed by atoms with Crippen molar-refractivity contribution in [3.05, 3.63) is 48.0 Å². The number of nitrogens with one attached hydrogen (secondary N) is 1. The number of carboxylic acid groups (broad SMARTS) is 1. The number of aromatic carboxylic acids is 1. The van der Waals surface area contributed by atoms with Crippen LogP contribution in [0.15, 0.2) is 47.4 Å². The van der Waals surface area contributed by atoms with Crippen molar-refractivity contribution in [3.8, 4) is 5.75 Å². The first-order valence-corrected chi connectivity index (χ1v) is 10.2. The van der Waals surface area contributed by atoms with Gasteiger partial charge in [0.15, 0.2) is 5.60 Å². The summed E-state index contributed by atoms with van der Waals surface area (Å²) >= 11 is 0. The molecule has 1 heterocycles. The van der Waals surface area contributed by atoms with Crippen molar-refractivity contribution < 1.29 is 32.6 Å². The number of nitrogens with zero attached hydrogens (tertiary/aromatic N) is 1. The Morgan fingerprint density at radius 1 is 1.17 bits per heavy atom. The van der Waals surface area contributed by atoms with Crippen molar-refractivity contribution in [3.63, 3.8) is 0 Å². The molecule has 4 N–H and O–H groups in total. The first-order chi connectivity index (χ1) is 13.9. The molecule has 3 rings (SSSR count). The van der Waals surface area contributed by atoms with Crippen LogP contribution in [0.3, 0.4) is 0 Å². The molecule has 0 unspecified atom stereocenters. The van der Waals surface area contributed by atoms with E-state index in [0.717, 1.165) is 0 Å². The van der Waals surface area contributed by atoms with Crippen molar-refractivity contribution >= 4 is 39.2 Å². The Balaban J connectivity index is 1.83. The van der Waals surface area contributed by atoms with Crippen LogP contribution in [0.2, 0.25) is 0 Å². The van der Waals surface area contributed by atoms with Gasteiger partial charge in [-0.1, -0.05) is 0 Å². The van der Waals surface area contributed by atoms with E-state index in [-0.39, 0.29) is 28.4 Å². The number of nitrogens with two attached hydrogens (primary N) is 1. The van der Waals surface area contributed by atoms with E-state index in [1.54, 1.807) is 0 Å². The zero-order valence-corrected chi connectivity index (χ0v) is 16.9. The van der Waals surface area contributed by atoms with E-state index in [4.69, 9.17) is 15.0 Å². The van der Waals surface area contributed by atoms with Gasteiger partial charge in [-0.3, -0.25) is 14.5 Å². The highest BCUT2D eigenvalue weighted by Crippen LogP contribution is 2.38. The molecule has 11 heteroatoms. The van der Waals surface area contributed by atoms with Crippen LogP contribution in [-0.2, 0) is 19.6 Å². The van der Waals surface area contributed by atoms with Crippen LogP contribution in [0.4, 0.5) is 11.4 Å². The van der Waals surface area contributed by atoms with E-state index in [2.05, 4.69) is 5.32 Å². The highest BCUT2D eigenvalue weighted by atomic mass is 32.2. The lowest BCUT2D eigenvalue weighted by atomic mass is 10.0. The Morgan fingerprint density at radius 2 is 1.80 bits per heavy atom. The summed E-state index contributed by atoms with van der Waals surface area (Å²) in [5, 5.41) is 16.8. The van der Waals surface area contributed by atoms with E-state index in [1.165, 1.54) is 61.2 Å². The molecule has 2 aromatic carbocycles. The minimum Gasteiger partial charge on any atom is -0.478 e. The topological polar surface area (TPSA) is 156 Å². The average molecular weight is 433 g/mol. The zero-order chi connectivity index (χ0) is 22.3. The summed E-state index contributed by atoms with van der Waals surface area (Å²) in [5.74, 6) is -2.00. The molecular formula is C19H19N3O7S. The number of anilines is 2. The molecule has 0 saturated carbocycles. The number of sulfonamides is 1. The van der Waals surface area contributed by atoms with Crippen LogP contribution in [-0.4, -0.2) is 43.5 Å². The summed E-state index contributed by atoms with van der Waals surface area (Å²) in [6.45, 7) is 2.67. The van der Waals surface area contributed by atoms with Gasteiger partial charge < -0.3 is 15.2 Å². The Hall–Kier alpha value is -3.44. The zero-order valence-electron chi connectivity index (χ0n) is 16.1. The van der Waals surface area contributed by atoms with E-state index in [9.17, 15) is 22.8 Å². The third-order valence-corrected chi connectivity index (χ3v) is 5.32. The van der Waals surface area contributed by atoms with Gasteiger partial charge >= 0.3 is 5.97 Å². The lowest BCUT2D eigenvalue weighted by Gasteiger charge is -2.38. The molecule has 0 spiro atoms. The Labute approximate surface area is 172 Å². The van der Waals surface area contributed by atoms with Gasteiger partial charge in [0, 0.05) is 5.69 Å². The molecule has 10 nitrogen and oxygen atoms in total. The number of primary sulfonamides is 1. The molecule has 0 aromatic heterocycles. The average Bonchev–Trinajstić information content (AvgIpc) is 2.64. The fourth-order valence-corrected chi connectivity index (χ4v) is 3.45. The molecule has 0 radical (unpaired) electrons. The summed E-state index contributed by atoms with van der Waals surface area (Å²) < 4.78 is 28.3. The quantitative estimate of drug-likeness (QED) is 0.639. The molecule has 0 atom stereocenters. The summed E-state index contributed by atoms with van der Waals surface area (Å²) in [5.41, 5.74) is -0.738. The van der Waals surface area contributed by atoms with Crippen LogP contribution < -0.4 is 20.1 Å². The summed E-state index contributed by atoms with van der Waals surface area (Å²) in [7, 11) is -3.86. The number of rotatable bonds is 5. The minimum absolute atomic E-state index is 0.0155. The second-order valence-corrected chi connectivity index (χ2v) is 8.67. The van der Waals surface area contributed by atoms with Gasteiger partial charge in [-0.25, -0.2) is 18.4 Å². The summed E-state index contributed by atoms with van der Waals surface area (Å²) in [4.78, 5) is 37.6.